The molecule has 0 amide bonds. The van der Waals surface area contributed by atoms with E-state index in [4.69, 9.17) is 0 Å². The van der Waals surface area contributed by atoms with Crippen LogP contribution in [-0.4, -0.2) is 70.5 Å². The van der Waals surface area contributed by atoms with E-state index in [0.29, 0.717) is 28.0 Å². The zero-order chi connectivity index (χ0) is 26.4. The summed E-state index contributed by atoms with van der Waals surface area (Å²) in [5.74, 6) is -0.490. The smallest absolute Gasteiger partial charge is 0.292 e. The maximum atomic E-state index is 12.9. The molecule has 38 heavy (non-hydrogen) atoms. The molecule has 2 saturated heterocycles. The molecule has 0 saturated carbocycles. The van der Waals surface area contributed by atoms with Crippen LogP contribution < -0.4 is 19.9 Å². The van der Waals surface area contributed by atoms with Crippen molar-refractivity contribution >= 4 is 38.9 Å². The maximum absolute atomic E-state index is 12.9. The second-order valence-electron chi connectivity index (χ2n) is 9.85. The summed E-state index contributed by atoms with van der Waals surface area (Å²) in [6.07, 6.45) is 2.08. The number of benzene rings is 3. The number of nitrogens with zero attached hydrogens (tertiary/aromatic N) is 7. The molecule has 2 aliphatic heterocycles. The minimum atomic E-state index is -0.373. The van der Waals surface area contributed by atoms with E-state index in [0.717, 1.165) is 57.8 Å². The van der Waals surface area contributed by atoms with Gasteiger partial charge in [-0.3, -0.25) is 15.0 Å². The van der Waals surface area contributed by atoms with Gasteiger partial charge in [0.1, 0.15) is 5.69 Å². The lowest BCUT2D eigenvalue weighted by molar-refractivity contribution is -0.746. The molecule has 1 N–H and O–H groups in total. The largest absolute Gasteiger partial charge is 0.870 e. The fourth-order valence-corrected chi connectivity index (χ4v) is 5.66. The third-order valence-corrected chi connectivity index (χ3v) is 7.71. The van der Waals surface area contributed by atoms with Crippen molar-refractivity contribution in [1.82, 2.24) is 14.7 Å². The van der Waals surface area contributed by atoms with Crippen molar-refractivity contribution in [3.05, 3.63) is 57.8 Å². The lowest BCUT2D eigenvalue weighted by Gasteiger charge is -2.36. The molecule has 0 spiro atoms. The molecule has 0 radical (unpaired) electrons. The predicted molar refractivity (Wildman–Crippen MR) is 141 cm³/mol. The molecule has 2 fully saturated rings. The number of aromatic nitrogens is 3. The lowest BCUT2D eigenvalue weighted by Crippen LogP contribution is -2.49. The van der Waals surface area contributed by atoms with E-state index in [9.17, 15) is 25.5 Å². The van der Waals surface area contributed by atoms with Gasteiger partial charge in [-0.15, -0.1) is 4.68 Å². The van der Waals surface area contributed by atoms with Crippen LogP contribution in [-0.2, 0) is 6.54 Å². The number of piperazine rings is 1. The van der Waals surface area contributed by atoms with Crippen molar-refractivity contribution in [2.24, 2.45) is 0 Å². The van der Waals surface area contributed by atoms with Crippen molar-refractivity contribution in [3.63, 3.8) is 0 Å². The Morgan fingerprint density at radius 2 is 1.66 bits per heavy atom. The molecule has 2 aliphatic rings. The van der Waals surface area contributed by atoms with Crippen molar-refractivity contribution in [1.29, 1.82) is 0 Å². The van der Waals surface area contributed by atoms with Crippen LogP contribution in [0.4, 0.5) is 17.1 Å². The first-order valence-electron chi connectivity index (χ1n) is 12.8. The molecule has 198 valence electrons. The number of aromatic hydroxyl groups is 1. The second kappa shape index (κ2) is 9.53. The third kappa shape index (κ3) is 4.06. The van der Waals surface area contributed by atoms with E-state index in [-0.39, 0.29) is 39.7 Å². The Morgan fingerprint density at radius 1 is 0.947 bits per heavy atom. The number of nitro groups is 1. The van der Waals surface area contributed by atoms with Crippen LogP contribution in [0, 0.1) is 15.3 Å². The zero-order valence-corrected chi connectivity index (χ0v) is 20.8. The minimum absolute atomic E-state index is 0.0343. The Morgan fingerprint density at radius 3 is 2.37 bits per heavy atom. The van der Waals surface area contributed by atoms with E-state index in [1.165, 1.54) is 4.68 Å². The minimum Gasteiger partial charge on any atom is -0.870 e. The van der Waals surface area contributed by atoms with Gasteiger partial charge in [0.05, 0.1) is 11.5 Å². The summed E-state index contributed by atoms with van der Waals surface area (Å²) in [5.41, 5.74) is 1.92. The van der Waals surface area contributed by atoms with Crippen LogP contribution in [0.25, 0.3) is 21.8 Å². The average molecular weight is 519 g/mol. The molecule has 0 unspecified atom stereocenters. The van der Waals surface area contributed by atoms with Gasteiger partial charge < -0.3 is 25.2 Å². The monoisotopic (exact) mass is 518 g/mol. The first-order chi connectivity index (χ1) is 18.4. The highest BCUT2D eigenvalue weighted by Crippen LogP contribution is 2.38. The second-order valence-corrected chi connectivity index (χ2v) is 9.85. The topological polar surface area (TPSA) is 141 Å². The Labute approximate surface area is 218 Å². The van der Waals surface area contributed by atoms with Crippen LogP contribution >= 0.6 is 0 Å². The fourth-order valence-electron chi connectivity index (χ4n) is 5.66. The van der Waals surface area contributed by atoms with E-state index in [1.54, 1.807) is 30.3 Å². The fraction of sp³-hybridized carbons (Fsp3) is 0.385. The van der Waals surface area contributed by atoms with Crippen LogP contribution in [0.2, 0.25) is 0 Å². The number of nitro benzene ring substituents is 1. The molecule has 6 rings (SSSR count). The summed E-state index contributed by atoms with van der Waals surface area (Å²) in [5, 5.41) is 52.5. The van der Waals surface area contributed by atoms with Gasteiger partial charge in [0.15, 0.2) is 16.8 Å². The SMILES string of the molecule is O=[N+]([O-])c1ccc(N2CCN(CCn3c4c(O)c5ccccc5c([O-])c4n[n+]3[O-])CC2)cc1N1CCCC1. The highest BCUT2D eigenvalue weighted by molar-refractivity contribution is 6.07. The van der Waals surface area contributed by atoms with Crippen molar-refractivity contribution < 1.29 is 20.1 Å². The van der Waals surface area contributed by atoms with Crippen LogP contribution in [0.3, 0.4) is 0 Å². The standard InChI is InChI=1S/C26H29N7O5/c34-25-19-5-1-2-6-20(19)26(35)24-23(25)27-33(38)31(24)16-13-28-11-14-29(15-12-28)18-7-8-21(32(36)37)22(17-18)30-9-3-4-10-30/h1-2,5-8,17,34-35H,3-4,9-16H2/p-1. The highest BCUT2D eigenvalue weighted by Gasteiger charge is 2.26. The maximum Gasteiger partial charge on any atom is 0.292 e. The number of phenols is 1. The normalized spacial score (nSPS) is 16.6. The Balaban J connectivity index is 1.16. The van der Waals surface area contributed by atoms with Crippen molar-refractivity contribution in [3.8, 4) is 11.5 Å². The van der Waals surface area contributed by atoms with Crippen LogP contribution in [0.1, 0.15) is 12.8 Å². The molecule has 0 atom stereocenters. The van der Waals surface area contributed by atoms with Gasteiger partial charge in [-0.1, -0.05) is 30.0 Å². The first-order valence-corrected chi connectivity index (χ1v) is 12.8. The summed E-state index contributed by atoms with van der Waals surface area (Å²) >= 11 is 0. The highest BCUT2D eigenvalue weighted by atomic mass is 16.6. The summed E-state index contributed by atoms with van der Waals surface area (Å²) in [6, 6.07) is 12.1. The van der Waals surface area contributed by atoms with E-state index in [1.807, 2.05) is 12.1 Å². The van der Waals surface area contributed by atoms with Gasteiger partial charge >= 0.3 is 0 Å². The summed E-state index contributed by atoms with van der Waals surface area (Å²) in [6.45, 7) is 5.43. The van der Waals surface area contributed by atoms with Gasteiger partial charge in [0.25, 0.3) is 5.69 Å². The number of hydrogen-bond donors (Lipinski definition) is 1. The molecule has 1 aromatic heterocycles. The third-order valence-electron chi connectivity index (χ3n) is 7.71. The number of hydrogen-bond acceptors (Lipinski definition) is 9. The first kappa shape index (κ1) is 24.0. The summed E-state index contributed by atoms with van der Waals surface area (Å²) in [7, 11) is 0. The molecular weight excluding hydrogens is 490 g/mol. The number of rotatable bonds is 6. The van der Waals surface area contributed by atoms with E-state index >= 15 is 0 Å². The molecule has 12 nitrogen and oxygen atoms in total. The average Bonchev–Trinajstić information content (AvgIpc) is 3.59. The zero-order valence-electron chi connectivity index (χ0n) is 20.8. The molecule has 3 heterocycles. The van der Waals surface area contributed by atoms with Crippen molar-refractivity contribution in [2.75, 3.05) is 55.6 Å². The molecule has 12 heteroatoms. The van der Waals surface area contributed by atoms with E-state index < -0.39 is 0 Å². The Kier molecular flexibility index (Phi) is 6.03. The number of anilines is 2. The molecule has 4 aromatic rings. The van der Waals surface area contributed by atoms with Crippen molar-refractivity contribution in [2.45, 2.75) is 19.4 Å². The Bertz CT molecular complexity index is 1520. The van der Waals surface area contributed by atoms with Gasteiger partial charge in [0.2, 0.25) is 0 Å². The molecular formula is C26H28N7O5-. The van der Waals surface area contributed by atoms with Crippen LogP contribution in [0.5, 0.6) is 11.5 Å². The quantitative estimate of drug-likeness (QED) is 0.175. The molecule has 0 aliphatic carbocycles. The summed E-state index contributed by atoms with van der Waals surface area (Å²) in [4.78, 5) is 18.2. The number of fused-ring (bicyclic) bond motifs is 2. The van der Waals surface area contributed by atoms with E-state index in [2.05, 4.69) is 19.8 Å². The predicted octanol–water partition coefficient (Wildman–Crippen LogP) is 1.93. The van der Waals surface area contributed by atoms with Gasteiger partial charge in [-0.05, 0) is 30.4 Å². The molecule has 3 aromatic carbocycles. The molecule has 0 bridgehead atoms. The van der Waals surface area contributed by atoms with Gasteiger partial charge in [-0.2, -0.15) is 0 Å². The van der Waals surface area contributed by atoms with Gasteiger partial charge in [0, 0.05) is 73.0 Å². The Hall–Kier alpha value is -4.32. The lowest BCUT2D eigenvalue weighted by atomic mass is 10.1. The van der Waals surface area contributed by atoms with Gasteiger partial charge in [-0.25, -0.2) is 0 Å². The summed E-state index contributed by atoms with van der Waals surface area (Å²) < 4.78 is 1.31. The van der Waals surface area contributed by atoms with Crippen LogP contribution in [0.15, 0.2) is 42.5 Å². The number of phenolic OH excluding ortho intramolecular Hbond substituents is 1.